The predicted octanol–water partition coefficient (Wildman–Crippen LogP) is 4.31. The fourth-order valence-electron chi connectivity index (χ4n) is 1.84. The summed E-state index contributed by atoms with van der Waals surface area (Å²) < 4.78 is 117. The van der Waals surface area contributed by atoms with Crippen LogP contribution in [0, 0.1) is 0 Å². The van der Waals surface area contributed by atoms with E-state index in [1.54, 1.807) is 0 Å². The number of rotatable bonds is 9. The molecule has 0 bridgehead atoms. The molecule has 0 aliphatic carbocycles. The van der Waals surface area contributed by atoms with Crippen molar-refractivity contribution in [1.29, 1.82) is 0 Å². The summed E-state index contributed by atoms with van der Waals surface area (Å²) in [6.07, 6.45) is 1.38. The summed E-state index contributed by atoms with van der Waals surface area (Å²) in [4.78, 5) is -1.12. The Kier molecular flexibility index (Phi) is 8.55. The Labute approximate surface area is 145 Å². The smallest absolute Gasteiger partial charge is 0.218 e. The molecule has 0 N–H and O–H groups in total. The highest BCUT2D eigenvalue weighted by Gasteiger charge is 2.62. The number of alkyl halides is 7. The van der Waals surface area contributed by atoms with Crippen LogP contribution in [0.2, 0.25) is 0 Å². The lowest BCUT2D eigenvalue weighted by atomic mass is 10.1. The molecule has 0 rings (SSSR count). The third-order valence-electron chi connectivity index (χ3n) is 3.16. The number of halogens is 7. The van der Waals surface area contributed by atoms with Gasteiger partial charge in [0, 0.05) is 4.83 Å². The molecule has 0 spiro atoms. The lowest BCUT2D eigenvalue weighted by Gasteiger charge is -2.22. The molecular formula is C11H17BrF6O4S2. The second-order valence-corrected chi connectivity index (χ2v) is 10.9. The van der Waals surface area contributed by atoms with Crippen molar-refractivity contribution in [2.75, 3.05) is 0 Å². The molecule has 0 fully saturated rings. The molecule has 1 unspecified atom stereocenters. The minimum Gasteiger partial charge on any atom is -0.218 e. The maximum atomic E-state index is 12.6. The van der Waals surface area contributed by atoms with Crippen molar-refractivity contribution >= 4 is 35.6 Å². The first-order chi connectivity index (χ1) is 10.6. The van der Waals surface area contributed by atoms with Crippen molar-refractivity contribution in [2.45, 2.75) is 65.9 Å². The summed E-state index contributed by atoms with van der Waals surface area (Å²) in [6, 6.07) is 0. The maximum Gasteiger partial charge on any atom is 0.498 e. The number of hydrogen-bond donors (Lipinski definition) is 0. The zero-order valence-corrected chi connectivity index (χ0v) is 15.7. The molecule has 0 saturated heterocycles. The molecule has 0 aromatic rings. The molecule has 1 atom stereocenters. The second kappa shape index (κ2) is 8.56. The normalized spacial score (nSPS) is 15.7. The second-order valence-electron chi connectivity index (χ2n) is 5.09. The molecule has 146 valence electrons. The quantitative estimate of drug-likeness (QED) is 0.286. The van der Waals surface area contributed by atoms with Gasteiger partial charge in [0.1, 0.15) is 0 Å². The van der Waals surface area contributed by atoms with E-state index < -0.39 is 46.5 Å². The van der Waals surface area contributed by atoms with Crippen molar-refractivity contribution in [3.63, 3.8) is 0 Å². The third-order valence-corrected chi connectivity index (χ3v) is 8.57. The van der Waals surface area contributed by atoms with Gasteiger partial charge in [-0.2, -0.15) is 26.3 Å². The summed E-state index contributed by atoms with van der Waals surface area (Å²) in [7, 11) is -13.1. The van der Waals surface area contributed by atoms with Crippen molar-refractivity contribution in [3.8, 4) is 0 Å². The fourth-order valence-corrected chi connectivity index (χ4v) is 6.59. The monoisotopic (exact) mass is 470 g/mol. The molecule has 0 aliphatic rings. The predicted molar refractivity (Wildman–Crippen MR) is 79.8 cm³/mol. The fraction of sp³-hybridized carbons (Fsp3) is 1.00. The molecule has 0 aromatic carbocycles. The van der Waals surface area contributed by atoms with Crippen LogP contribution in [0.4, 0.5) is 26.3 Å². The van der Waals surface area contributed by atoms with E-state index in [-0.39, 0.29) is 6.42 Å². The molecule has 4 nitrogen and oxygen atoms in total. The number of unbranched alkanes of at least 4 members (excludes halogenated alkanes) is 3. The largest absolute Gasteiger partial charge is 0.498 e. The third kappa shape index (κ3) is 6.04. The SMILES string of the molecule is CCCCCCC(Br)CC(S(=O)(=O)C(F)(F)F)S(=O)(=O)C(F)(F)F. The molecule has 0 saturated carbocycles. The average molecular weight is 471 g/mol. The van der Waals surface area contributed by atoms with Crippen LogP contribution in [-0.2, 0) is 19.7 Å². The van der Waals surface area contributed by atoms with Crippen LogP contribution in [0.5, 0.6) is 0 Å². The van der Waals surface area contributed by atoms with Crippen molar-refractivity contribution in [1.82, 2.24) is 0 Å². The van der Waals surface area contributed by atoms with Crippen LogP contribution >= 0.6 is 15.9 Å². The van der Waals surface area contributed by atoms with Crippen molar-refractivity contribution in [2.24, 2.45) is 0 Å². The molecule has 0 radical (unpaired) electrons. The maximum absolute atomic E-state index is 12.6. The van der Waals surface area contributed by atoms with Crippen LogP contribution in [-0.4, -0.2) is 37.3 Å². The van der Waals surface area contributed by atoms with Gasteiger partial charge in [0.2, 0.25) is 0 Å². The molecule has 0 aliphatic heterocycles. The zero-order valence-electron chi connectivity index (χ0n) is 12.5. The van der Waals surface area contributed by atoms with E-state index in [4.69, 9.17) is 0 Å². The van der Waals surface area contributed by atoms with Crippen molar-refractivity contribution in [3.05, 3.63) is 0 Å². The standard InChI is InChI=1S/C11H17BrF6O4S2/c1-2-3-4-5-6-8(12)7-9(23(19,20)10(13,14)15)24(21,22)11(16,17)18/h8-9H,2-7H2,1H3. The molecule has 0 heterocycles. The lowest BCUT2D eigenvalue weighted by molar-refractivity contribution is -0.0472. The van der Waals surface area contributed by atoms with Gasteiger partial charge in [0.25, 0.3) is 19.7 Å². The Morgan fingerprint density at radius 3 is 1.58 bits per heavy atom. The van der Waals surface area contributed by atoms with Gasteiger partial charge in [-0.1, -0.05) is 48.5 Å². The molecule has 24 heavy (non-hydrogen) atoms. The van der Waals surface area contributed by atoms with E-state index in [0.29, 0.717) is 12.8 Å². The Bertz CT molecular complexity index is 553. The average Bonchev–Trinajstić information content (AvgIpc) is 2.38. The highest BCUT2D eigenvalue weighted by Crippen LogP contribution is 2.39. The highest BCUT2D eigenvalue weighted by molar-refractivity contribution is 9.09. The van der Waals surface area contributed by atoms with Crippen LogP contribution in [0.3, 0.4) is 0 Å². The van der Waals surface area contributed by atoms with Gasteiger partial charge in [-0.3, -0.25) is 0 Å². The first-order valence-electron chi connectivity index (χ1n) is 6.83. The van der Waals surface area contributed by atoms with Gasteiger partial charge >= 0.3 is 11.0 Å². The van der Waals surface area contributed by atoms with Gasteiger partial charge in [-0.15, -0.1) is 0 Å². The van der Waals surface area contributed by atoms with E-state index in [1.165, 1.54) is 0 Å². The van der Waals surface area contributed by atoms with Crippen LogP contribution < -0.4 is 0 Å². The summed E-state index contributed by atoms with van der Waals surface area (Å²) in [5.74, 6) is 0. The van der Waals surface area contributed by atoms with Gasteiger partial charge in [-0.25, -0.2) is 16.8 Å². The zero-order chi connectivity index (χ0) is 19.4. The van der Waals surface area contributed by atoms with Crippen LogP contribution in [0.25, 0.3) is 0 Å². The van der Waals surface area contributed by atoms with Gasteiger partial charge < -0.3 is 0 Å². The molecule has 0 amide bonds. The minimum absolute atomic E-state index is 0.0528. The number of hydrogen-bond acceptors (Lipinski definition) is 4. The topological polar surface area (TPSA) is 68.3 Å². The van der Waals surface area contributed by atoms with Gasteiger partial charge in [-0.05, 0) is 12.8 Å². The summed E-state index contributed by atoms with van der Waals surface area (Å²) in [5.41, 5.74) is -12.2. The van der Waals surface area contributed by atoms with Gasteiger partial charge in [0.05, 0.1) is 0 Å². The highest BCUT2D eigenvalue weighted by atomic mass is 79.9. The van der Waals surface area contributed by atoms with Gasteiger partial charge in [0.15, 0.2) is 4.58 Å². The number of sulfone groups is 2. The van der Waals surface area contributed by atoms with Crippen LogP contribution in [0.1, 0.15) is 45.4 Å². The molecule has 13 heteroatoms. The Morgan fingerprint density at radius 1 is 0.833 bits per heavy atom. The van der Waals surface area contributed by atoms with E-state index in [9.17, 15) is 43.2 Å². The molecule has 0 aromatic heterocycles. The van der Waals surface area contributed by atoms with Crippen LogP contribution in [0.15, 0.2) is 0 Å². The lowest BCUT2D eigenvalue weighted by Crippen LogP contribution is -2.45. The molecular weight excluding hydrogens is 454 g/mol. The van der Waals surface area contributed by atoms with E-state index >= 15 is 0 Å². The summed E-state index contributed by atoms with van der Waals surface area (Å²) in [6.45, 7) is 1.88. The Balaban J connectivity index is 5.55. The van der Waals surface area contributed by atoms with E-state index in [0.717, 1.165) is 12.8 Å². The van der Waals surface area contributed by atoms with E-state index in [2.05, 4.69) is 15.9 Å². The first-order valence-corrected chi connectivity index (χ1v) is 10.8. The first kappa shape index (κ1) is 24.0. The summed E-state index contributed by atoms with van der Waals surface area (Å²) >= 11 is 2.79. The summed E-state index contributed by atoms with van der Waals surface area (Å²) in [5, 5.41) is 0. The Morgan fingerprint density at radius 2 is 1.25 bits per heavy atom. The Hall–Kier alpha value is -0.0400. The van der Waals surface area contributed by atoms with E-state index in [1.807, 2.05) is 6.92 Å². The minimum atomic E-state index is -6.55. The van der Waals surface area contributed by atoms with Crippen molar-refractivity contribution < 1.29 is 43.2 Å².